The molecule has 1 aliphatic rings. The van der Waals surface area contributed by atoms with Gasteiger partial charge >= 0.3 is 0 Å². The first-order valence-corrected chi connectivity index (χ1v) is 11.8. The second kappa shape index (κ2) is 9.04. The summed E-state index contributed by atoms with van der Waals surface area (Å²) in [6, 6.07) is 10.6. The second-order valence-corrected chi connectivity index (χ2v) is 10.4. The number of halogens is 2. The standard InChI is InChI=1S/C21H24Cl2N2O3S/c1-14-8-15(2)10-19(9-14)24-21(26)16-4-3-7-25(12-16)29(27,28)13-17-5-6-18(22)11-20(17)23/h5-6,8-11,16H,3-4,7,12-13H2,1-2H3,(H,24,26). The highest BCUT2D eigenvalue weighted by Gasteiger charge is 2.32. The number of benzene rings is 2. The second-order valence-electron chi connectivity index (χ2n) is 7.55. The Morgan fingerprint density at radius 1 is 1.14 bits per heavy atom. The van der Waals surface area contributed by atoms with Gasteiger partial charge in [0, 0.05) is 28.8 Å². The minimum Gasteiger partial charge on any atom is -0.326 e. The van der Waals surface area contributed by atoms with Crippen LogP contribution in [0, 0.1) is 19.8 Å². The largest absolute Gasteiger partial charge is 0.326 e. The van der Waals surface area contributed by atoms with Gasteiger partial charge in [-0.2, -0.15) is 0 Å². The van der Waals surface area contributed by atoms with Gasteiger partial charge < -0.3 is 5.32 Å². The van der Waals surface area contributed by atoms with E-state index in [9.17, 15) is 13.2 Å². The molecule has 0 aromatic heterocycles. The molecule has 0 bridgehead atoms. The number of nitrogens with one attached hydrogen (secondary N) is 1. The monoisotopic (exact) mass is 454 g/mol. The van der Waals surface area contributed by atoms with Crippen LogP contribution in [0.25, 0.3) is 0 Å². The van der Waals surface area contributed by atoms with Gasteiger partial charge in [0.2, 0.25) is 15.9 Å². The van der Waals surface area contributed by atoms with Crippen LogP contribution in [0.5, 0.6) is 0 Å². The van der Waals surface area contributed by atoms with Crippen molar-refractivity contribution in [2.45, 2.75) is 32.4 Å². The Morgan fingerprint density at radius 2 is 1.83 bits per heavy atom. The molecular formula is C21H24Cl2N2O3S. The van der Waals surface area contributed by atoms with Crippen LogP contribution < -0.4 is 5.32 Å². The molecule has 0 saturated carbocycles. The topological polar surface area (TPSA) is 66.5 Å². The van der Waals surface area contributed by atoms with Gasteiger partial charge in [0.25, 0.3) is 0 Å². The number of piperidine rings is 1. The van der Waals surface area contributed by atoms with Gasteiger partial charge in [-0.1, -0.05) is 35.3 Å². The summed E-state index contributed by atoms with van der Waals surface area (Å²) >= 11 is 12.0. The summed E-state index contributed by atoms with van der Waals surface area (Å²) < 4.78 is 27.2. The van der Waals surface area contributed by atoms with E-state index in [0.717, 1.165) is 16.8 Å². The fraction of sp³-hybridized carbons (Fsp3) is 0.381. The minimum absolute atomic E-state index is 0.153. The summed E-state index contributed by atoms with van der Waals surface area (Å²) in [5, 5.41) is 3.71. The highest BCUT2D eigenvalue weighted by atomic mass is 35.5. The molecule has 0 spiro atoms. The highest BCUT2D eigenvalue weighted by molar-refractivity contribution is 7.88. The van der Waals surface area contributed by atoms with Gasteiger partial charge in [-0.3, -0.25) is 4.79 Å². The molecule has 1 saturated heterocycles. The lowest BCUT2D eigenvalue weighted by Crippen LogP contribution is -2.44. The number of hydrogen-bond donors (Lipinski definition) is 1. The Bertz CT molecular complexity index is 1000. The van der Waals surface area contributed by atoms with E-state index >= 15 is 0 Å². The minimum atomic E-state index is -3.60. The molecule has 1 aliphatic heterocycles. The van der Waals surface area contributed by atoms with E-state index in [2.05, 4.69) is 5.32 Å². The smallest absolute Gasteiger partial charge is 0.228 e. The van der Waals surface area contributed by atoms with E-state index in [1.807, 2.05) is 32.0 Å². The molecule has 1 N–H and O–H groups in total. The van der Waals surface area contributed by atoms with Crippen LogP contribution in [0.15, 0.2) is 36.4 Å². The highest BCUT2D eigenvalue weighted by Crippen LogP contribution is 2.27. The molecule has 1 heterocycles. The van der Waals surface area contributed by atoms with Crippen LogP contribution in [0.1, 0.15) is 29.5 Å². The summed E-state index contributed by atoms with van der Waals surface area (Å²) in [6.45, 7) is 4.52. The molecule has 0 aliphatic carbocycles. The Kier molecular flexibility index (Phi) is 6.89. The molecule has 1 atom stereocenters. The van der Waals surface area contributed by atoms with E-state index in [1.165, 1.54) is 10.4 Å². The molecule has 1 amide bonds. The van der Waals surface area contributed by atoms with E-state index in [0.29, 0.717) is 35.0 Å². The van der Waals surface area contributed by atoms with Crippen molar-refractivity contribution in [1.29, 1.82) is 0 Å². The summed E-state index contributed by atoms with van der Waals surface area (Å²) in [4.78, 5) is 12.7. The Hall–Kier alpha value is -1.60. The van der Waals surface area contributed by atoms with Crippen LogP contribution in [0.2, 0.25) is 10.0 Å². The Morgan fingerprint density at radius 3 is 2.48 bits per heavy atom. The number of nitrogens with zero attached hydrogens (tertiary/aromatic N) is 1. The first kappa shape index (κ1) is 22.1. The van der Waals surface area contributed by atoms with E-state index < -0.39 is 10.0 Å². The molecule has 2 aromatic carbocycles. The third kappa shape index (κ3) is 5.72. The van der Waals surface area contributed by atoms with Crippen molar-refractivity contribution in [3.05, 3.63) is 63.1 Å². The van der Waals surface area contributed by atoms with Crippen LogP contribution in [0.4, 0.5) is 5.69 Å². The molecule has 2 aromatic rings. The van der Waals surface area contributed by atoms with Gasteiger partial charge in [-0.25, -0.2) is 12.7 Å². The third-order valence-electron chi connectivity index (χ3n) is 4.99. The summed E-state index contributed by atoms with van der Waals surface area (Å²) in [6.07, 6.45) is 1.29. The molecule has 29 heavy (non-hydrogen) atoms. The SMILES string of the molecule is Cc1cc(C)cc(NC(=O)C2CCCN(S(=O)(=O)Cc3ccc(Cl)cc3Cl)C2)c1. The molecule has 1 unspecified atom stereocenters. The maximum atomic E-state index is 12.9. The van der Waals surface area contributed by atoms with Crippen molar-refractivity contribution in [1.82, 2.24) is 4.31 Å². The van der Waals surface area contributed by atoms with Crippen molar-refractivity contribution < 1.29 is 13.2 Å². The third-order valence-corrected chi connectivity index (χ3v) is 7.37. The lowest BCUT2D eigenvalue weighted by atomic mass is 9.98. The maximum Gasteiger partial charge on any atom is 0.228 e. The summed E-state index contributed by atoms with van der Waals surface area (Å²) in [5.74, 6) is -0.756. The average Bonchev–Trinajstić information content (AvgIpc) is 2.63. The average molecular weight is 455 g/mol. The van der Waals surface area contributed by atoms with Crippen molar-refractivity contribution in [3.63, 3.8) is 0 Å². The van der Waals surface area contributed by atoms with Crippen LogP contribution in [-0.4, -0.2) is 31.7 Å². The zero-order chi connectivity index (χ0) is 21.2. The van der Waals surface area contributed by atoms with Crippen LogP contribution in [0.3, 0.4) is 0 Å². The van der Waals surface area contributed by atoms with Crippen molar-refractivity contribution in [2.24, 2.45) is 5.92 Å². The normalized spacial score (nSPS) is 17.9. The quantitative estimate of drug-likeness (QED) is 0.705. The van der Waals surface area contributed by atoms with Crippen LogP contribution >= 0.6 is 23.2 Å². The molecule has 8 heteroatoms. The van der Waals surface area contributed by atoms with Gasteiger partial charge in [0.15, 0.2) is 0 Å². The predicted octanol–water partition coefficient (Wildman–Crippen LogP) is 4.79. The summed E-state index contributed by atoms with van der Waals surface area (Å²) in [5.41, 5.74) is 3.36. The fourth-order valence-corrected chi connectivity index (χ4v) is 5.82. The lowest BCUT2D eigenvalue weighted by Gasteiger charge is -2.31. The molecule has 5 nitrogen and oxygen atoms in total. The lowest BCUT2D eigenvalue weighted by molar-refractivity contribution is -0.120. The van der Waals surface area contributed by atoms with Gasteiger partial charge in [-0.05, 0) is 67.6 Å². The van der Waals surface area contributed by atoms with Gasteiger partial charge in [0.1, 0.15) is 0 Å². The van der Waals surface area contributed by atoms with Crippen molar-refractivity contribution in [3.8, 4) is 0 Å². The number of aryl methyl sites for hydroxylation is 2. The number of hydrogen-bond acceptors (Lipinski definition) is 3. The molecule has 156 valence electrons. The first-order chi connectivity index (χ1) is 13.6. The predicted molar refractivity (Wildman–Crippen MR) is 118 cm³/mol. The van der Waals surface area contributed by atoms with Crippen LogP contribution in [-0.2, 0) is 20.6 Å². The number of amides is 1. The summed E-state index contributed by atoms with van der Waals surface area (Å²) in [7, 11) is -3.60. The maximum absolute atomic E-state index is 12.9. The van der Waals surface area contributed by atoms with E-state index in [4.69, 9.17) is 23.2 Å². The molecule has 1 fully saturated rings. The van der Waals surface area contributed by atoms with Crippen molar-refractivity contribution in [2.75, 3.05) is 18.4 Å². The number of rotatable bonds is 5. The molecular weight excluding hydrogens is 431 g/mol. The zero-order valence-electron chi connectivity index (χ0n) is 16.4. The Balaban J connectivity index is 1.69. The number of anilines is 1. The first-order valence-electron chi connectivity index (χ1n) is 9.45. The number of sulfonamides is 1. The van der Waals surface area contributed by atoms with Crippen molar-refractivity contribution >= 4 is 44.8 Å². The molecule has 0 radical (unpaired) electrons. The molecule has 3 rings (SSSR count). The number of carbonyl (C=O) groups excluding carboxylic acids is 1. The number of carbonyl (C=O) groups is 1. The van der Waals surface area contributed by atoms with Gasteiger partial charge in [-0.15, -0.1) is 0 Å². The fourth-order valence-electron chi connectivity index (χ4n) is 3.63. The van der Waals surface area contributed by atoms with E-state index in [-0.39, 0.29) is 24.1 Å². The van der Waals surface area contributed by atoms with E-state index in [1.54, 1.807) is 12.1 Å². The zero-order valence-corrected chi connectivity index (χ0v) is 18.7. The Labute approximate surface area is 182 Å². The van der Waals surface area contributed by atoms with Gasteiger partial charge in [0.05, 0.1) is 11.7 Å².